The second kappa shape index (κ2) is 6.73. The van der Waals surface area contributed by atoms with Gasteiger partial charge in [0.25, 0.3) is 5.91 Å². The SMILES string of the molecule is CCN(CC)C(=O)c1ccc(/C=C/C(=O)O)c(C)c1. The molecule has 0 aliphatic rings. The summed E-state index contributed by atoms with van der Waals surface area (Å²) in [7, 11) is 0. The highest BCUT2D eigenvalue weighted by Gasteiger charge is 2.12. The highest BCUT2D eigenvalue weighted by Crippen LogP contribution is 2.14. The molecule has 0 fully saturated rings. The van der Waals surface area contributed by atoms with E-state index in [1.54, 1.807) is 23.1 Å². The van der Waals surface area contributed by atoms with Crippen LogP contribution in [-0.2, 0) is 4.79 Å². The Kier molecular flexibility index (Phi) is 5.30. The lowest BCUT2D eigenvalue weighted by Crippen LogP contribution is -2.30. The topological polar surface area (TPSA) is 57.6 Å². The van der Waals surface area contributed by atoms with Crippen molar-refractivity contribution >= 4 is 18.0 Å². The average Bonchev–Trinajstić information content (AvgIpc) is 2.38. The molecule has 0 atom stereocenters. The van der Waals surface area contributed by atoms with Gasteiger partial charge in [-0.1, -0.05) is 6.07 Å². The van der Waals surface area contributed by atoms with Gasteiger partial charge in [0.15, 0.2) is 0 Å². The molecular formula is C15H19NO3. The lowest BCUT2D eigenvalue weighted by atomic mass is 10.0. The Balaban J connectivity index is 2.99. The van der Waals surface area contributed by atoms with Crippen LogP contribution in [0.3, 0.4) is 0 Å². The number of hydrogen-bond acceptors (Lipinski definition) is 2. The highest BCUT2D eigenvalue weighted by molar-refractivity contribution is 5.95. The standard InChI is InChI=1S/C15H19NO3/c1-4-16(5-2)15(19)13-7-6-12(11(3)10-13)8-9-14(17)18/h6-10H,4-5H2,1-3H3,(H,17,18)/b9-8+. The predicted octanol–water partition coefficient (Wildman–Crippen LogP) is 2.57. The third-order valence-electron chi connectivity index (χ3n) is 2.97. The fraction of sp³-hybridized carbons (Fsp3) is 0.333. The fourth-order valence-electron chi connectivity index (χ4n) is 1.85. The van der Waals surface area contributed by atoms with Gasteiger partial charge in [-0.3, -0.25) is 4.79 Å². The molecule has 0 saturated carbocycles. The highest BCUT2D eigenvalue weighted by atomic mass is 16.4. The normalized spacial score (nSPS) is 10.7. The number of amides is 1. The Hall–Kier alpha value is -2.10. The maximum Gasteiger partial charge on any atom is 0.328 e. The summed E-state index contributed by atoms with van der Waals surface area (Å²) in [4.78, 5) is 24.4. The Bertz CT molecular complexity index is 502. The number of carbonyl (C=O) groups excluding carboxylic acids is 1. The van der Waals surface area contributed by atoms with Crippen molar-refractivity contribution in [1.82, 2.24) is 4.90 Å². The van der Waals surface area contributed by atoms with Crippen molar-refractivity contribution < 1.29 is 14.7 Å². The van der Waals surface area contributed by atoms with Crippen molar-refractivity contribution in [3.63, 3.8) is 0 Å². The zero-order chi connectivity index (χ0) is 14.4. The molecule has 19 heavy (non-hydrogen) atoms. The van der Waals surface area contributed by atoms with Gasteiger partial charge in [-0.25, -0.2) is 4.79 Å². The van der Waals surface area contributed by atoms with Crippen LogP contribution in [0.2, 0.25) is 0 Å². The molecule has 1 N–H and O–H groups in total. The van der Waals surface area contributed by atoms with Gasteiger partial charge in [0.05, 0.1) is 0 Å². The van der Waals surface area contributed by atoms with E-state index >= 15 is 0 Å². The summed E-state index contributed by atoms with van der Waals surface area (Å²) in [5, 5.41) is 8.60. The third kappa shape index (κ3) is 3.95. The molecule has 0 aliphatic heterocycles. The maximum atomic E-state index is 12.2. The number of carboxylic acids is 1. The summed E-state index contributed by atoms with van der Waals surface area (Å²) >= 11 is 0. The van der Waals surface area contributed by atoms with Crippen molar-refractivity contribution in [3.8, 4) is 0 Å². The molecular weight excluding hydrogens is 242 g/mol. The second-order valence-corrected chi connectivity index (χ2v) is 4.22. The number of aryl methyl sites for hydroxylation is 1. The molecule has 4 heteroatoms. The summed E-state index contributed by atoms with van der Waals surface area (Å²) < 4.78 is 0. The number of carbonyl (C=O) groups is 2. The molecule has 0 aromatic heterocycles. The van der Waals surface area contributed by atoms with E-state index in [1.165, 1.54) is 6.08 Å². The molecule has 4 nitrogen and oxygen atoms in total. The number of rotatable bonds is 5. The van der Waals surface area contributed by atoms with Crippen LogP contribution >= 0.6 is 0 Å². The van der Waals surface area contributed by atoms with Crippen LogP contribution in [0.5, 0.6) is 0 Å². The zero-order valence-corrected chi connectivity index (χ0v) is 11.5. The van der Waals surface area contributed by atoms with Gasteiger partial charge in [0.1, 0.15) is 0 Å². The molecule has 102 valence electrons. The van der Waals surface area contributed by atoms with Gasteiger partial charge in [0.2, 0.25) is 0 Å². The quantitative estimate of drug-likeness (QED) is 0.829. The number of benzene rings is 1. The first-order valence-corrected chi connectivity index (χ1v) is 6.30. The number of hydrogen-bond donors (Lipinski definition) is 1. The minimum atomic E-state index is -0.984. The van der Waals surface area contributed by atoms with Crippen LogP contribution in [0.25, 0.3) is 6.08 Å². The molecule has 0 aliphatic carbocycles. The summed E-state index contributed by atoms with van der Waals surface area (Å²) in [5.74, 6) is -0.982. The van der Waals surface area contributed by atoms with Crippen molar-refractivity contribution in [2.45, 2.75) is 20.8 Å². The molecule has 1 amide bonds. The summed E-state index contributed by atoms with van der Waals surface area (Å²) in [6.45, 7) is 7.10. The average molecular weight is 261 g/mol. The second-order valence-electron chi connectivity index (χ2n) is 4.22. The lowest BCUT2D eigenvalue weighted by Gasteiger charge is -2.19. The van der Waals surface area contributed by atoms with Crippen LogP contribution in [0, 0.1) is 6.92 Å². The Morgan fingerprint density at radius 3 is 2.37 bits per heavy atom. The van der Waals surface area contributed by atoms with Crippen LogP contribution in [0.15, 0.2) is 24.3 Å². The summed E-state index contributed by atoms with van der Waals surface area (Å²) in [5.41, 5.74) is 2.32. The van der Waals surface area contributed by atoms with Gasteiger partial charge in [-0.05, 0) is 50.1 Å². The minimum absolute atomic E-state index is 0.00173. The van der Waals surface area contributed by atoms with Gasteiger partial charge in [-0.2, -0.15) is 0 Å². The maximum absolute atomic E-state index is 12.2. The van der Waals surface area contributed by atoms with E-state index in [0.29, 0.717) is 18.7 Å². The van der Waals surface area contributed by atoms with E-state index in [2.05, 4.69) is 0 Å². The number of aliphatic carboxylic acids is 1. The van der Waals surface area contributed by atoms with Crippen molar-refractivity contribution in [2.75, 3.05) is 13.1 Å². The minimum Gasteiger partial charge on any atom is -0.478 e. The van der Waals surface area contributed by atoms with E-state index in [4.69, 9.17) is 5.11 Å². The summed E-state index contributed by atoms with van der Waals surface area (Å²) in [6, 6.07) is 5.29. The largest absolute Gasteiger partial charge is 0.478 e. The Labute approximate surface area is 113 Å². The van der Waals surface area contributed by atoms with E-state index in [-0.39, 0.29) is 5.91 Å². The first-order chi connectivity index (χ1) is 8.99. The molecule has 1 rings (SSSR count). The van der Waals surface area contributed by atoms with E-state index in [9.17, 15) is 9.59 Å². The molecule has 1 aromatic carbocycles. The number of nitrogens with zero attached hydrogens (tertiary/aromatic N) is 1. The van der Waals surface area contributed by atoms with Gasteiger partial charge in [0, 0.05) is 24.7 Å². The van der Waals surface area contributed by atoms with Crippen LogP contribution in [-0.4, -0.2) is 35.0 Å². The monoisotopic (exact) mass is 261 g/mol. The van der Waals surface area contributed by atoms with E-state index in [1.807, 2.05) is 20.8 Å². The molecule has 0 saturated heterocycles. The molecule has 0 radical (unpaired) electrons. The fourth-order valence-corrected chi connectivity index (χ4v) is 1.85. The molecule has 0 unspecified atom stereocenters. The van der Waals surface area contributed by atoms with E-state index in [0.717, 1.165) is 17.2 Å². The third-order valence-corrected chi connectivity index (χ3v) is 2.97. The summed E-state index contributed by atoms with van der Waals surface area (Å²) in [6.07, 6.45) is 2.62. The molecule has 0 bridgehead atoms. The van der Waals surface area contributed by atoms with Crippen molar-refractivity contribution in [2.24, 2.45) is 0 Å². The van der Waals surface area contributed by atoms with Gasteiger partial charge < -0.3 is 10.0 Å². The zero-order valence-electron chi connectivity index (χ0n) is 11.5. The predicted molar refractivity (Wildman–Crippen MR) is 75.1 cm³/mol. The van der Waals surface area contributed by atoms with Crippen LogP contribution in [0.4, 0.5) is 0 Å². The Morgan fingerprint density at radius 1 is 1.26 bits per heavy atom. The first-order valence-electron chi connectivity index (χ1n) is 6.30. The van der Waals surface area contributed by atoms with Gasteiger partial charge >= 0.3 is 5.97 Å². The molecule has 0 heterocycles. The Morgan fingerprint density at radius 2 is 1.89 bits per heavy atom. The first kappa shape index (κ1) is 15.0. The van der Waals surface area contributed by atoms with Crippen LogP contribution < -0.4 is 0 Å². The molecule has 0 spiro atoms. The van der Waals surface area contributed by atoms with Crippen molar-refractivity contribution in [3.05, 3.63) is 41.0 Å². The van der Waals surface area contributed by atoms with Crippen LogP contribution in [0.1, 0.15) is 35.3 Å². The van der Waals surface area contributed by atoms with Crippen molar-refractivity contribution in [1.29, 1.82) is 0 Å². The molecule has 1 aromatic rings. The van der Waals surface area contributed by atoms with E-state index < -0.39 is 5.97 Å². The smallest absolute Gasteiger partial charge is 0.328 e. The lowest BCUT2D eigenvalue weighted by molar-refractivity contribution is -0.131. The number of carboxylic acid groups (broad SMARTS) is 1. The van der Waals surface area contributed by atoms with Gasteiger partial charge in [-0.15, -0.1) is 0 Å².